The van der Waals surface area contributed by atoms with E-state index in [9.17, 15) is 14.4 Å². The number of carbonyl (C=O) groups is 1. The van der Waals surface area contributed by atoms with Crippen LogP contribution in [0, 0.1) is 23.1 Å². The van der Waals surface area contributed by atoms with Crippen molar-refractivity contribution in [3.05, 3.63) is 29.6 Å². The van der Waals surface area contributed by atoms with Gasteiger partial charge in [-0.1, -0.05) is 17.8 Å². The molecule has 2 aliphatic rings. The number of alkyl carbamates (subject to hydrolysis) is 1. The summed E-state index contributed by atoms with van der Waals surface area (Å²) in [6.45, 7) is 9.50. The maximum absolute atomic E-state index is 13.9. The molecule has 150 valence electrons. The second-order valence-electron chi connectivity index (χ2n) is 8.60. The molecule has 9 heteroatoms. The highest BCUT2D eigenvalue weighted by Gasteiger charge is 2.51. The Balaban J connectivity index is 1.93. The van der Waals surface area contributed by atoms with Gasteiger partial charge in [0.1, 0.15) is 11.4 Å². The lowest BCUT2D eigenvalue weighted by Gasteiger charge is -2.36. The van der Waals surface area contributed by atoms with Gasteiger partial charge in [0.2, 0.25) is 0 Å². The summed E-state index contributed by atoms with van der Waals surface area (Å²) < 4.78 is 31.1. The predicted molar refractivity (Wildman–Crippen MR) is 104 cm³/mol. The monoisotopic (exact) mass is 406 g/mol. The molecule has 28 heavy (non-hydrogen) atoms. The zero-order chi connectivity index (χ0) is 20.7. The number of fused-ring (bicyclic) bond motifs is 1. The molecular formula is C19H24BFN2O4S. The molecule has 1 aromatic rings. The maximum Gasteiger partial charge on any atom is 0.466 e. The van der Waals surface area contributed by atoms with Gasteiger partial charge in [0.05, 0.1) is 29.6 Å². The fraction of sp³-hybridized carbons (Fsp3) is 0.579. The van der Waals surface area contributed by atoms with Crippen LogP contribution in [0.2, 0.25) is 0 Å². The van der Waals surface area contributed by atoms with Gasteiger partial charge in [-0.2, -0.15) is 5.26 Å². The molecule has 0 spiro atoms. The number of benzene rings is 1. The average molecular weight is 406 g/mol. The Labute approximate surface area is 169 Å². The number of hydrogen-bond acceptors (Lipinski definition) is 6. The van der Waals surface area contributed by atoms with Crippen LogP contribution in [-0.4, -0.2) is 36.4 Å². The van der Waals surface area contributed by atoms with Gasteiger partial charge in [-0.3, -0.25) is 0 Å². The lowest BCUT2D eigenvalue weighted by atomic mass is 9.61. The molecule has 0 aromatic heterocycles. The Morgan fingerprint density at radius 3 is 2.75 bits per heavy atom. The van der Waals surface area contributed by atoms with E-state index in [1.165, 1.54) is 23.9 Å². The zero-order valence-corrected chi connectivity index (χ0v) is 17.4. The van der Waals surface area contributed by atoms with Crippen LogP contribution in [0.25, 0.3) is 0 Å². The van der Waals surface area contributed by atoms with Crippen molar-refractivity contribution in [1.82, 2.24) is 5.32 Å². The first-order valence-corrected chi connectivity index (χ1v) is 10.0. The van der Waals surface area contributed by atoms with Crippen LogP contribution in [0.3, 0.4) is 0 Å². The van der Waals surface area contributed by atoms with Crippen molar-refractivity contribution in [2.45, 2.75) is 61.9 Å². The molecule has 3 rings (SSSR count). The third-order valence-electron chi connectivity index (χ3n) is 4.43. The summed E-state index contributed by atoms with van der Waals surface area (Å²) in [6, 6.07) is 6.72. The first kappa shape index (κ1) is 21.0. The van der Waals surface area contributed by atoms with Gasteiger partial charge in [-0.15, -0.1) is 0 Å². The van der Waals surface area contributed by atoms with E-state index in [0.717, 1.165) is 5.56 Å². The highest BCUT2D eigenvalue weighted by Crippen LogP contribution is 2.47. The van der Waals surface area contributed by atoms with Crippen LogP contribution in [0.4, 0.5) is 9.18 Å². The van der Waals surface area contributed by atoms with Gasteiger partial charge < -0.3 is 19.4 Å². The number of nitrogens with zero attached hydrogens (tertiary/aromatic N) is 1. The minimum Gasteiger partial charge on any atom is -0.444 e. The molecule has 3 atom stereocenters. The molecule has 3 unspecified atom stereocenters. The van der Waals surface area contributed by atoms with E-state index in [2.05, 4.69) is 11.4 Å². The quantitative estimate of drug-likeness (QED) is 0.752. The molecule has 0 bridgehead atoms. The summed E-state index contributed by atoms with van der Waals surface area (Å²) >= 11 is 1.24. The number of rotatable bonds is 2. The fourth-order valence-corrected chi connectivity index (χ4v) is 4.65. The van der Waals surface area contributed by atoms with Gasteiger partial charge in [-0.05, 0) is 52.3 Å². The molecule has 0 aliphatic carbocycles. The highest BCUT2D eigenvalue weighted by atomic mass is 32.2. The minimum atomic E-state index is -0.670. The van der Waals surface area contributed by atoms with Gasteiger partial charge in [0, 0.05) is 10.7 Å². The number of amides is 1. The molecule has 0 saturated carbocycles. The van der Waals surface area contributed by atoms with Gasteiger partial charge in [0.15, 0.2) is 0 Å². The van der Waals surface area contributed by atoms with Crippen molar-refractivity contribution in [1.29, 1.82) is 5.26 Å². The van der Waals surface area contributed by atoms with E-state index in [0.29, 0.717) is 11.5 Å². The van der Waals surface area contributed by atoms with Crippen LogP contribution < -0.4 is 5.32 Å². The zero-order valence-electron chi connectivity index (χ0n) is 16.6. The molecule has 0 radical (unpaired) electrons. The Morgan fingerprint density at radius 2 is 2.18 bits per heavy atom. The summed E-state index contributed by atoms with van der Waals surface area (Å²) in [4.78, 5) is 13.0. The first-order chi connectivity index (χ1) is 13.0. The molecular weight excluding hydrogens is 382 g/mol. The Morgan fingerprint density at radius 1 is 1.46 bits per heavy atom. The maximum atomic E-state index is 13.9. The third kappa shape index (κ3) is 4.62. The third-order valence-corrected chi connectivity index (χ3v) is 5.71. The van der Waals surface area contributed by atoms with Crippen LogP contribution in [0.15, 0.2) is 23.1 Å². The number of carbonyl (C=O) groups excluding carboxylic acids is 1. The number of ether oxygens (including phenoxy) is 1. The van der Waals surface area contributed by atoms with Crippen molar-refractivity contribution < 1.29 is 23.2 Å². The molecule has 2 aliphatic heterocycles. The fourth-order valence-electron chi connectivity index (χ4n) is 3.33. The van der Waals surface area contributed by atoms with Crippen molar-refractivity contribution in [3.8, 4) is 6.07 Å². The molecule has 1 fully saturated rings. The number of thioether (sulfide) groups is 1. The van der Waals surface area contributed by atoms with E-state index in [1.807, 2.05) is 13.8 Å². The Kier molecular flexibility index (Phi) is 5.68. The lowest BCUT2D eigenvalue weighted by molar-refractivity contribution is 0.0512. The van der Waals surface area contributed by atoms with Crippen molar-refractivity contribution in [2.75, 3.05) is 6.61 Å². The molecule has 1 amide bonds. The normalized spacial score (nSPS) is 26.3. The molecule has 1 aromatic carbocycles. The highest BCUT2D eigenvalue weighted by molar-refractivity contribution is 8.00. The van der Waals surface area contributed by atoms with Gasteiger partial charge >= 0.3 is 13.2 Å². The number of halogens is 1. The topological polar surface area (TPSA) is 80.6 Å². The lowest BCUT2D eigenvalue weighted by Crippen LogP contribution is -2.47. The van der Waals surface area contributed by atoms with Gasteiger partial charge in [0.25, 0.3) is 0 Å². The van der Waals surface area contributed by atoms with Crippen LogP contribution in [-0.2, 0) is 14.0 Å². The van der Waals surface area contributed by atoms with Crippen LogP contribution >= 0.6 is 11.8 Å². The molecule has 2 heterocycles. The number of hydrogen-bond donors (Lipinski definition) is 1. The molecule has 1 N–H and O–H groups in total. The molecule has 1 saturated heterocycles. The second-order valence-corrected chi connectivity index (χ2v) is 9.79. The Bertz CT molecular complexity index is 808. The smallest absolute Gasteiger partial charge is 0.444 e. The van der Waals surface area contributed by atoms with Gasteiger partial charge in [-0.25, -0.2) is 9.18 Å². The SMILES string of the molecule is CC(C)(C)OC(=O)NC1Sc2cc(F)ccc2C(B2OCC(C)(C)O2)C1C#N. The largest absolute Gasteiger partial charge is 0.466 e. The summed E-state index contributed by atoms with van der Waals surface area (Å²) in [5.41, 5.74) is -0.372. The second kappa shape index (κ2) is 7.58. The van der Waals surface area contributed by atoms with Crippen LogP contribution in [0.5, 0.6) is 0 Å². The number of nitrogens with one attached hydrogen (secondary N) is 1. The van der Waals surface area contributed by atoms with E-state index in [4.69, 9.17) is 14.0 Å². The van der Waals surface area contributed by atoms with E-state index >= 15 is 0 Å². The van der Waals surface area contributed by atoms with Crippen LogP contribution in [0.1, 0.15) is 46.0 Å². The summed E-state index contributed by atoms with van der Waals surface area (Å²) in [5.74, 6) is -1.50. The van der Waals surface area contributed by atoms with E-state index in [1.54, 1.807) is 26.8 Å². The number of nitriles is 1. The minimum absolute atomic E-state index is 0.384. The summed E-state index contributed by atoms with van der Waals surface area (Å²) in [6.07, 6.45) is -0.627. The molecule has 6 nitrogen and oxygen atoms in total. The van der Waals surface area contributed by atoms with Crippen molar-refractivity contribution in [2.24, 2.45) is 5.92 Å². The van der Waals surface area contributed by atoms with E-state index < -0.39 is 41.5 Å². The predicted octanol–water partition coefficient (Wildman–Crippen LogP) is 3.86. The van der Waals surface area contributed by atoms with Crippen molar-refractivity contribution >= 4 is 25.0 Å². The summed E-state index contributed by atoms with van der Waals surface area (Å²) in [5, 5.41) is 12.0. The summed E-state index contributed by atoms with van der Waals surface area (Å²) in [7, 11) is -0.660. The first-order valence-electron chi connectivity index (χ1n) is 9.14. The van der Waals surface area contributed by atoms with E-state index in [-0.39, 0.29) is 5.82 Å². The Hall–Kier alpha value is -1.76. The standard InChI is InChI=1S/C19H24BFN2O4S/c1-18(2,3)26-17(24)23-16-13(9-22)15(20-25-10-19(4,5)27-20)12-7-6-11(21)8-14(12)28-16/h6-8,13,15-16H,10H2,1-5H3,(H,23,24). The van der Waals surface area contributed by atoms with Crippen molar-refractivity contribution in [3.63, 3.8) is 0 Å². The average Bonchev–Trinajstić information content (AvgIpc) is 2.91.